The lowest BCUT2D eigenvalue weighted by atomic mass is 10.1. The molecule has 1 saturated heterocycles. The highest BCUT2D eigenvalue weighted by Gasteiger charge is 2.34. The Morgan fingerprint density at radius 1 is 1.18 bits per heavy atom. The summed E-state index contributed by atoms with van der Waals surface area (Å²) in [4.78, 5) is 36.3. The average Bonchev–Trinajstić information content (AvgIpc) is 2.96. The molecule has 1 heterocycles. The number of esters is 1. The van der Waals surface area contributed by atoms with E-state index in [0.717, 1.165) is 3.57 Å². The standard InChI is InChI=1S/C20H17IN2O5/c1-2-27-18(24)12-28-17-9-8-13(11-16(17)21)10-15-19(25)22-23(20(15)26)14-6-4-3-5-7-14/h3-11H,2,12H2,1H3,(H,22,25)/b15-10-. The maximum atomic E-state index is 12.6. The highest BCUT2D eigenvalue weighted by molar-refractivity contribution is 14.1. The maximum absolute atomic E-state index is 12.6. The highest BCUT2D eigenvalue weighted by Crippen LogP contribution is 2.25. The summed E-state index contributed by atoms with van der Waals surface area (Å²) in [6.07, 6.45) is 1.53. The monoisotopic (exact) mass is 492 g/mol. The first-order valence-corrected chi connectivity index (χ1v) is 9.57. The molecule has 0 bridgehead atoms. The van der Waals surface area contributed by atoms with E-state index < -0.39 is 17.8 Å². The van der Waals surface area contributed by atoms with Gasteiger partial charge in [-0.15, -0.1) is 0 Å². The number of para-hydroxylation sites is 1. The Morgan fingerprint density at radius 2 is 1.93 bits per heavy atom. The van der Waals surface area contributed by atoms with Crippen LogP contribution in [0.2, 0.25) is 0 Å². The van der Waals surface area contributed by atoms with Crippen LogP contribution in [0.15, 0.2) is 54.1 Å². The Bertz CT molecular complexity index is 943. The number of anilines is 1. The second kappa shape index (κ2) is 8.87. The number of nitrogens with zero attached hydrogens (tertiary/aromatic N) is 1. The molecule has 0 spiro atoms. The average molecular weight is 492 g/mol. The number of carbonyl (C=O) groups is 3. The van der Waals surface area contributed by atoms with Crippen LogP contribution in [0, 0.1) is 3.57 Å². The lowest BCUT2D eigenvalue weighted by molar-refractivity contribution is -0.145. The normalized spacial score (nSPS) is 14.9. The predicted molar refractivity (Wildman–Crippen MR) is 111 cm³/mol. The summed E-state index contributed by atoms with van der Waals surface area (Å²) in [5, 5.41) is 1.22. The number of ether oxygens (including phenoxy) is 2. The molecule has 144 valence electrons. The Labute approximate surface area is 175 Å². The third kappa shape index (κ3) is 4.50. The fraction of sp³-hybridized carbons (Fsp3) is 0.150. The van der Waals surface area contributed by atoms with Crippen molar-refractivity contribution in [2.24, 2.45) is 0 Å². The Kier molecular flexibility index (Phi) is 6.30. The molecule has 1 fully saturated rings. The van der Waals surface area contributed by atoms with E-state index in [1.54, 1.807) is 49.4 Å². The van der Waals surface area contributed by atoms with Crippen molar-refractivity contribution < 1.29 is 23.9 Å². The molecule has 0 aromatic heterocycles. The van der Waals surface area contributed by atoms with Crippen molar-refractivity contribution in [3.05, 3.63) is 63.2 Å². The third-order valence-corrected chi connectivity index (χ3v) is 4.67. The molecule has 1 aliphatic heterocycles. The van der Waals surface area contributed by atoms with Gasteiger partial charge in [-0.25, -0.2) is 9.80 Å². The van der Waals surface area contributed by atoms with Crippen molar-refractivity contribution in [2.45, 2.75) is 6.92 Å². The van der Waals surface area contributed by atoms with E-state index in [1.807, 2.05) is 6.07 Å². The van der Waals surface area contributed by atoms with E-state index >= 15 is 0 Å². The third-order valence-electron chi connectivity index (χ3n) is 3.82. The summed E-state index contributed by atoms with van der Waals surface area (Å²) in [5.74, 6) is -0.817. The summed E-state index contributed by atoms with van der Waals surface area (Å²) in [5.41, 5.74) is 3.85. The minimum atomic E-state index is -0.466. The van der Waals surface area contributed by atoms with Crippen molar-refractivity contribution in [3.8, 4) is 5.75 Å². The van der Waals surface area contributed by atoms with Crippen LogP contribution in [0.25, 0.3) is 6.08 Å². The van der Waals surface area contributed by atoms with E-state index in [9.17, 15) is 14.4 Å². The van der Waals surface area contributed by atoms with Crippen molar-refractivity contribution in [3.63, 3.8) is 0 Å². The first kappa shape index (κ1) is 19.9. The minimum Gasteiger partial charge on any atom is -0.481 e. The van der Waals surface area contributed by atoms with Gasteiger partial charge in [0.1, 0.15) is 11.3 Å². The molecule has 1 aliphatic rings. The smallest absolute Gasteiger partial charge is 0.344 e. The van der Waals surface area contributed by atoms with Gasteiger partial charge < -0.3 is 9.47 Å². The molecule has 0 radical (unpaired) electrons. The molecule has 2 aromatic rings. The highest BCUT2D eigenvalue weighted by atomic mass is 127. The molecule has 3 rings (SSSR count). The van der Waals surface area contributed by atoms with Crippen molar-refractivity contribution >= 4 is 52.1 Å². The number of hydrogen-bond acceptors (Lipinski definition) is 5. The van der Waals surface area contributed by atoms with Gasteiger partial charge in [0.25, 0.3) is 11.8 Å². The lowest BCUT2D eigenvalue weighted by Crippen LogP contribution is -2.35. The number of hydrogen-bond donors (Lipinski definition) is 1. The summed E-state index contributed by atoms with van der Waals surface area (Å²) >= 11 is 2.06. The predicted octanol–water partition coefficient (Wildman–Crippen LogP) is 2.69. The topological polar surface area (TPSA) is 84.9 Å². The molecule has 0 aliphatic carbocycles. The molecular formula is C20H17IN2O5. The molecule has 0 atom stereocenters. The summed E-state index contributed by atoms with van der Waals surface area (Å²) < 4.78 is 11.0. The van der Waals surface area contributed by atoms with E-state index in [4.69, 9.17) is 9.47 Å². The zero-order chi connectivity index (χ0) is 20.1. The fourth-order valence-corrected chi connectivity index (χ4v) is 3.24. The van der Waals surface area contributed by atoms with Gasteiger partial charge in [-0.3, -0.25) is 15.0 Å². The number of carbonyl (C=O) groups excluding carboxylic acids is 3. The van der Waals surface area contributed by atoms with Crippen LogP contribution < -0.4 is 15.2 Å². The van der Waals surface area contributed by atoms with Gasteiger partial charge in [-0.2, -0.15) is 0 Å². The molecule has 28 heavy (non-hydrogen) atoms. The SMILES string of the molecule is CCOC(=O)COc1ccc(/C=C2/C(=O)NN(c3ccccc3)C2=O)cc1I. The van der Waals surface area contributed by atoms with E-state index in [-0.39, 0.29) is 12.2 Å². The van der Waals surface area contributed by atoms with E-state index in [0.29, 0.717) is 23.6 Å². The van der Waals surface area contributed by atoms with Gasteiger partial charge in [-0.1, -0.05) is 24.3 Å². The number of nitrogens with one attached hydrogen (secondary N) is 1. The molecule has 1 N–H and O–H groups in total. The van der Waals surface area contributed by atoms with Gasteiger partial charge in [0.05, 0.1) is 15.9 Å². The van der Waals surface area contributed by atoms with Crippen LogP contribution in [0.3, 0.4) is 0 Å². The number of hydrazine groups is 1. The van der Waals surface area contributed by atoms with Crippen LogP contribution in [-0.4, -0.2) is 31.0 Å². The number of benzene rings is 2. The molecular weight excluding hydrogens is 475 g/mol. The van der Waals surface area contributed by atoms with E-state index in [1.165, 1.54) is 11.1 Å². The van der Waals surface area contributed by atoms with Gasteiger partial charge >= 0.3 is 5.97 Å². The van der Waals surface area contributed by atoms with Gasteiger partial charge in [-0.05, 0) is 65.4 Å². The number of amides is 2. The quantitative estimate of drug-likeness (QED) is 0.290. The van der Waals surface area contributed by atoms with Crippen molar-refractivity contribution in [2.75, 3.05) is 18.2 Å². The molecule has 2 aromatic carbocycles. The van der Waals surface area contributed by atoms with E-state index in [2.05, 4.69) is 28.0 Å². The Balaban J connectivity index is 1.76. The largest absolute Gasteiger partial charge is 0.481 e. The Hall–Kier alpha value is -2.88. The minimum absolute atomic E-state index is 0.0415. The lowest BCUT2D eigenvalue weighted by Gasteiger charge is -2.13. The zero-order valence-electron chi connectivity index (χ0n) is 15.0. The molecule has 0 unspecified atom stereocenters. The first-order valence-electron chi connectivity index (χ1n) is 8.49. The van der Waals surface area contributed by atoms with Crippen LogP contribution >= 0.6 is 22.6 Å². The van der Waals surface area contributed by atoms with Crippen LogP contribution in [-0.2, 0) is 19.1 Å². The molecule has 8 heteroatoms. The van der Waals surface area contributed by atoms with Crippen LogP contribution in [0.4, 0.5) is 5.69 Å². The summed E-state index contributed by atoms with van der Waals surface area (Å²) in [7, 11) is 0. The van der Waals surface area contributed by atoms with Gasteiger partial charge in [0, 0.05) is 0 Å². The molecule has 0 saturated carbocycles. The van der Waals surface area contributed by atoms with Gasteiger partial charge in [0.2, 0.25) is 0 Å². The first-order chi connectivity index (χ1) is 13.5. The zero-order valence-corrected chi connectivity index (χ0v) is 17.1. The van der Waals surface area contributed by atoms with Crippen molar-refractivity contribution in [1.29, 1.82) is 0 Å². The molecule has 2 amide bonds. The summed E-state index contributed by atoms with van der Waals surface area (Å²) in [6, 6.07) is 14.0. The maximum Gasteiger partial charge on any atom is 0.344 e. The Morgan fingerprint density at radius 3 is 2.61 bits per heavy atom. The van der Waals surface area contributed by atoms with Crippen LogP contribution in [0.1, 0.15) is 12.5 Å². The molecule has 7 nitrogen and oxygen atoms in total. The number of rotatable bonds is 6. The van der Waals surface area contributed by atoms with Crippen LogP contribution in [0.5, 0.6) is 5.75 Å². The second-order valence-electron chi connectivity index (χ2n) is 5.76. The second-order valence-corrected chi connectivity index (χ2v) is 6.92. The van der Waals surface area contributed by atoms with Crippen molar-refractivity contribution in [1.82, 2.24) is 5.43 Å². The fourth-order valence-electron chi connectivity index (χ4n) is 2.55. The summed E-state index contributed by atoms with van der Waals surface area (Å²) in [6.45, 7) is 1.84. The van der Waals surface area contributed by atoms with Gasteiger partial charge in [0.15, 0.2) is 6.61 Å². The number of halogens is 1.